The molecular formula is C12H15F2NO3. The molecule has 4 nitrogen and oxygen atoms in total. The standard InChI is InChI=1S/C12H15F2NO3/c1-3-17-12(16)15-8(2)7-18-11-5-4-9(13)6-10(11)14/h4-6,8H,3,7H2,1-2H3,(H,15,16)/t8-/m1/s1. The van der Waals surface area contributed by atoms with Gasteiger partial charge in [-0.3, -0.25) is 0 Å². The van der Waals surface area contributed by atoms with E-state index in [-0.39, 0.29) is 25.0 Å². The van der Waals surface area contributed by atoms with Crippen molar-refractivity contribution in [2.24, 2.45) is 0 Å². The van der Waals surface area contributed by atoms with Crippen LogP contribution in [-0.4, -0.2) is 25.3 Å². The smallest absolute Gasteiger partial charge is 0.407 e. The number of alkyl carbamates (subject to hydrolysis) is 1. The summed E-state index contributed by atoms with van der Waals surface area (Å²) in [6, 6.07) is 2.68. The predicted molar refractivity (Wildman–Crippen MR) is 61.5 cm³/mol. The molecule has 100 valence electrons. The van der Waals surface area contributed by atoms with Crippen LogP contribution in [0.4, 0.5) is 13.6 Å². The zero-order valence-corrected chi connectivity index (χ0v) is 10.2. The molecule has 0 spiro atoms. The summed E-state index contributed by atoms with van der Waals surface area (Å²) in [4.78, 5) is 11.1. The zero-order valence-electron chi connectivity index (χ0n) is 10.2. The van der Waals surface area contributed by atoms with Crippen LogP contribution in [0, 0.1) is 11.6 Å². The van der Waals surface area contributed by atoms with Crippen LogP contribution in [0.2, 0.25) is 0 Å². The molecule has 6 heteroatoms. The third-order valence-electron chi connectivity index (χ3n) is 2.02. The minimum atomic E-state index is -0.779. The number of hydrogen-bond donors (Lipinski definition) is 1. The first kappa shape index (κ1) is 14.2. The fourth-order valence-electron chi connectivity index (χ4n) is 1.22. The van der Waals surface area contributed by atoms with E-state index in [1.54, 1.807) is 13.8 Å². The number of amides is 1. The van der Waals surface area contributed by atoms with Gasteiger partial charge < -0.3 is 14.8 Å². The van der Waals surface area contributed by atoms with Gasteiger partial charge in [-0.2, -0.15) is 0 Å². The zero-order chi connectivity index (χ0) is 13.5. The van der Waals surface area contributed by atoms with Crippen molar-refractivity contribution in [2.45, 2.75) is 19.9 Å². The highest BCUT2D eigenvalue weighted by Gasteiger charge is 2.10. The van der Waals surface area contributed by atoms with Gasteiger partial charge in [-0.05, 0) is 26.0 Å². The molecule has 1 rings (SSSR count). The molecule has 0 saturated carbocycles. The van der Waals surface area contributed by atoms with Gasteiger partial charge in [-0.15, -0.1) is 0 Å². The number of nitrogens with one attached hydrogen (secondary N) is 1. The van der Waals surface area contributed by atoms with Gasteiger partial charge in [-0.25, -0.2) is 13.6 Å². The summed E-state index contributed by atoms with van der Waals surface area (Å²) in [5.74, 6) is -1.51. The molecule has 0 unspecified atom stereocenters. The maximum Gasteiger partial charge on any atom is 0.407 e. The van der Waals surface area contributed by atoms with E-state index in [4.69, 9.17) is 4.74 Å². The van der Waals surface area contributed by atoms with Crippen molar-refractivity contribution in [1.29, 1.82) is 0 Å². The molecule has 0 saturated heterocycles. The predicted octanol–water partition coefficient (Wildman–Crippen LogP) is 2.48. The number of carbonyl (C=O) groups is 1. The van der Waals surface area contributed by atoms with E-state index in [0.717, 1.165) is 12.1 Å². The number of hydrogen-bond acceptors (Lipinski definition) is 3. The summed E-state index contributed by atoms with van der Waals surface area (Å²) < 4.78 is 35.6. The van der Waals surface area contributed by atoms with E-state index < -0.39 is 17.7 Å². The molecule has 0 aliphatic rings. The first-order valence-electron chi connectivity index (χ1n) is 5.54. The second-order valence-corrected chi connectivity index (χ2v) is 3.65. The average Bonchev–Trinajstić information content (AvgIpc) is 2.28. The molecule has 0 aromatic heterocycles. The van der Waals surface area contributed by atoms with E-state index in [2.05, 4.69) is 10.1 Å². The number of rotatable bonds is 5. The molecule has 1 amide bonds. The molecule has 1 N–H and O–H groups in total. The van der Waals surface area contributed by atoms with E-state index in [1.807, 2.05) is 0 Å². The molecular weight excluding hydrogens is 244 g/mol. The normalized spacial score (nSPS) is 11.8. The van der Waals surface area contributed by atoms with Crippen molar-refractivity contribution in [3.8, 4) is 5.75 Å². The lowest BCUT2D eigenvalue weighted by molar-refractivity contribution is 0.143. The van der Waals surface area contributed by atoms with Crippen molar-refractivity contribution >= 4 is 6.09 Å². The molecule has 0 aliphatic carbocycles. The SMILES string of the molecule is CCOC(=O)N[C@H](C)COc1ccc(F)cc1F. The highest BCUT2D eigenvalue weighted by atomic mass is 19.1. The Bertz CT molecular complexity index is 412. The lowest BCUT2D eigenvalue weighted by atomic mass is 10.3. The van der Waals surface area contributed by atoms with Crippen LogP contribution < -0.4 is 10.1 Å². The maximum atomic E-state index is 13.2. The van der Waals surface area contributed by atoms with Gasteiger partial charge in [0.25, 0.3) is 0 Å². The van der Waals surface area contributed by atoms with Gasteiger partial charge in [0, 0.05) is 6.07 Å². The lowest BCUT2D eigenvalue weighted by Gasteiger charge is -2.14. The first-order valence-corrected chi connectivity index (χ1v) is 5.54. The van der Waals surface area contributed by atoms with Gasteiger partial charge in [0.15, 0.2) is 11.6 Å². The van der Waals surface area contributed by atoms with E-state index >= 15 is 0 Å². The third-order valence-corrected chi connectivity index (χ3v) is 2.02. The summed E-state index contributed by atoms with van der Waals surface area (Å²) in [6.45, 7) is 3.69. The summed E-state index contributed by atoms with van der Waals surface area (Å²) >= 11 is 0. The second kappa shape index (κ2) is 6.78. The van der Waals surface area contributed by atoms with E-state index in [1.165, 1.54) is 6.07 Å². The molecule has 0 aliphatic heterocycles. The van der Waals surface area contributed by atoms with Crippen LogP contribution in [0.5, 0.6) is 5.75 Å². The van der Waals surface area contributed by atoms with Crippen LogP contribution in [0.3, 0.4) is 0 Å². The number of carbonyl (C=O) groups excluding carboxylic acids is 1. The van der Waals surface area contributed by atoms with E-state index in [0.29, 0.717) is 0 Å². The molecule has 0 heterocycles. The molecule has 0 radical (unpaired) electrons. The first-order chi connectivity index (χ1) is 8.52. The summed E-state index contributed by atoms with van der Waals surface area (Å²) in [7, 11) is 0. The summed E-state index contributed by atoms with van der Waals surface area (Å²) in [6.07, 6.45) is -0.562. The minimum absolute atomic E-state index is 0.0569. The molecule has 0 bridgehead atoms. The van der Waals surface area contributed by atoms with Gasteiger partial charge in [0.05, 0.1) is 12.6 Å². The van der Waals surface area contributed by atoms with Gasteiger partial charge >= 0.3 is 6.09 Å². The van der Waals surface area contributed by atoms with Crippen LogP contribution in [0.1, 0.15) is 13.8 Å². The van der Waals surface area contributed by atoms with Crippen molar-refractivity contribution < 1.29 is 23.0 Å². The fourth-order valence-corrected chi connectivity index (χ4v) is 1.22. The Kier molecular flexibility index (Phi) is 5.35. The molecule has 1 aromatic rings. The van der Waals surface area contributed by atoms with Crippen LogP contribution in [0.15, 0.2) is 18.2 Å². The lowest BCUT2D eigenvalue weighted by Crippen LogP contribution is -2.37. The maximum absolute atomic E-state index is 13.2. The molecule has 0 fully saturated rings. The Labute approximate surface area is 104 Å². The Morgan fingerprint density at radius 1 is 1.44 bits per heavy atom. The molecule has 18 heavy (non-hydrogen) atoms. The van der Waals surface area contributed by atoms with E-state index in [9.17, 15) is 13.6 Å². The van der Waals surface area contributed by atoms with Gasteiger partial charge in [-0.1, -0.05) is 0 Å². The highest BCUT2D eigenvalue weighted by molar-refractivity contribution is 5.67. The second-order valence-electron chi connectivity index (χ2n) is 3.65. The van der Waals surface area contributed by atoms with Crippen molar-refractivity contribution in [2.75, 3.05) is 13.2 Å². The van der Waals surface area contributed by atoms with Crippen molar-refractivity contribution in [1.82, 2.24) is 5.32 Å². The third kappa shape index (κ3) is 4.57. The number of halogens is 2. The highest BCUT2D eigenvalue weighted by Crippen LogP contribution is 2.17. The van der Waals surface area contributed by atoms with Crippen LogP contribution >= 0.6 is 0 Å². The minimum Gasteiger partial charge on any atom is -0.488 e. The Morgan fingerprint density at radius 2 is 2.17 bits per heavy atom. The number of benzene rings is 1. The molecule has 1 atom stereocenters. The van der Waals surface area contributed by atoms with Crippen LogP contribution in [0.25, 0.3) is 0 Å². The largest absolute Gasteiger partial charge is 0.488 e. The monoisotopic (exact) mass is 259 g/mol. The topological polar surface area (TPSA) is 47.6 Å². The Balaban J connectivity index is 2.42. The Hall–Kier alpha value is -1.85. The molecule has 1 aromatic carbocycles. The summed E-state index contributed by atoms with van der Waals surface area (Å²) in [5.41, 5.74) is 0. The van der Waals surface area contributed by atoms with Crippen LogP contribution in [-0.2, 0) is 4.74 Å². The van der Waals surface area contributed by atoms with Gasteiger partial charge in [0.1, 0.15) is 12.4 Å². The van der Waals surface area contributed by atoms with Gasteiger partial charge in [0.2, 0.25) is 0 Å². The fraction of sp³-hybridized carbons (Fsp3) is 0.417. The average molecular weight is 259 g/mol. The quantitative estimate of drug-likeness (QED) is 0.883. The Morgan fingerprint density at radius 3 is 2.78 bits per heavy atom. The van der Waals surface area contributed by atoms with Crippen molar-refractivity contribution in [3.63, 3.8) is 0 Å². The van der Waals surface area contributed by atoms with Crippen molar-refractivity contribution in [3.05, 3.63) is 29.8 Å². The summed E-state index contributed by atoms with van der Waals surface area (Å²) in [5, 5.41) is 2.50. The number of ether oxygens (including phenoxy) is 2.